The number of likely N-dealkylation sites (tertiary alicyclic amines) is 1. The largest absolute Gasteiger partial charge is 0.444 e. The van der Waals surface area contributed by atoms with Gasteiger partial charge in [-0.15, -0.1) is 0 Å². The molecule has 1 N–H and O–H groups in total. The van der Waals surface area contributed by atoms with Crippen LogP contribution in [0.3, 0.4) is 0 Å². The van der Waals surface area contributed by atoms with E-state index in [9.17, 15) is 24.4 Å². The highest BCUT2D eigenvalue weighted by Crippen LogP contribution is 2.49. The maximum Gasteiger partial charge on any atom is 0.411 e. The Balaban J connectivity index is 1.91. The first-order valence-electron chi connectivity index (χ1n) is 10.2. The number of carbonyl (C=O) groups excluding carboxylic acids is 2. The molecule has 0 bridgehead atoms. The van der Waals surface area contributed by atoms with Gasteiger partial charge >= 0.3 is 6.09 Å². The molecule has 2 aromatic rings. The van der Waals surface area contributed by atoms with Crippen molar-refractivity contribution < 1.29 is 28.8 Å². The van der Waals surface area contributed by atoms with Gasteiger partial charge in [-0.1, -0.05) is 30.3 Å². The summed E-state index contributed by atoms with van der Waals surface area (Å²) in [6.45, 7) is 5.12. The third-order valence-electron chi connectivity index (χ3n) is 5.62. The molecular formula is C23H24FN3O5. The highest BCUT2D eigenvalue weighted by molar-refractivity contribution is 6.24. The highest BCUT2D eigenvalue weighted by atomic mass is 19.1. The summed E-state index contributed by atoms with van der Waals surface area (Å²) in [5, 5.41) is 22.1. The summed E-state index contributed by atoms with van der Waals surface area (Å²) in [4.78, 5) is 29.2. The lowest BCUT2D eigenvalue weighted by Crippen LogP contribution is -2.57. The molecule has 8 nitrogen and oxygen atoms in total. The number of halogens is 1. The van der Waals surface area contributed by atoms with Crippen LogP contribution in [0.5, 0.6) is 0 Å². The predicted octanol–water partition coefficient (Wildman–Crippen LogP) is 3.55. The maximum absolute atomic E-state index is 14.4. The zero-order valence-corrected chi connectivity index (χ0v) is 18.0. The third kappa shape index (κ3) is 3.34. The van der Waals surface area contributed by atoms with E-state index >= 15 is 0 Å². The minimum Gasteiger partial charge on any atom is -0.444 e. The fourth-order valence-electron chi connectivity index (χ4n) is 4.42. The Labute approximate surface area is 184 Å². The van der Waals surface area contributed by atoms with E-state index in [0.717, 1.165) is 16.5 Å². The van der Waals surface area contributed by atoms with Gasteiger partial charge < -0.3 is 14.8 Å². The molecule has 1 spiro atoms. The molecule has 0 aliphatic carbocycles. The van der Waals surface area contributed by atoms with Crippen molar-refractivity contribution in [2.24, 2.45) is 0 Å². The SMILES string of the molecule is CC(C)(C)OC(=O)N1CC/C(=[N+](\[O-])O)C12C(=O)N(Cc1ccccc1)c1ccc(F)cc12. The van der Waals surface area contributed by atoms with Crippen molar-refractivity contribution in [3.63, 3.8) is 0 Å². The van der Waals surface area contributed by atoms with Crippen molar-refractivity contribution in [1.82, 2.24) is 4.90 Å². The van der Waals surface area contributed by atoms with Gasteiger partial charge in [0.05, 0.1) is 18.7 Å². The smallest absolute Gasteiger partial charge is 0.411 e. The van der Waals surface area contributed by atoms with Crippen LogP contribution in [-0.4, -0.2) is 44.9 Å². The van der Waals surface area contributed by atoms with Crippen LogP contribution >= 0.6 is 0 Å². The summed E-state index contributed by atoms with van der Waals surface area (Å²) in [6.07, 6.45) is -0.903. The first-order valence-corrected chi connectivity index (χ1v) is 10.2. The quantitative estimate of drug-likeness (QED) is 0.437. The first kappa shape index (κ1) is 21.6. The Morgan fingerprint density at radius 2 is 1.94 bits per heavy atom. The van der Waals surface area contributed by atoms with Gasteiger partial charge in [0.15, 0.2) is 0 Å². The molecule has 2 aliphatic rings. The Morgan fingerprint density at radius 1 is 1.25 bits per heavy atom. The number of nitrogens with zero attached hydrogens (tertiary/aromatic N) is 3. The molecule has 2 aliphatic heterocycles. The van der Waals surface area contributed by atoms with Gasteiger partial charge in [-0.2, -0.15) is 0 Å². The number of benzene rings is 2. The van der Waals surface area contributed by atoms with Crippen molar-refractivity contribution in [3.8, 4) is 0 Å². The van der Waals surface area contributed by atoms with Crippen molar-refractivity contribution in [2.45, 2.75) is 44.9 Å². The van der Waals surface area contributed by atoms with Crippen LogP contribution in [0, 0.1) is 11.0 Å². The van der Waals surface area contributed by atoms with E-state index < -0.39 is 29.0 Å². The number of hydrogen-bond donors (Lipinski definition) is 1. The number of anilines is 1. The number of hydrogen-bond acceptors (Lipinski definition) is 5. The molecule has 9 heteroatoms. The van der Waals surface area contributed by atoms with E-state index in [1.165, 1.54) is 17.0 Å². The van der Waals surface area contributed by atoms with Gasteiger partial charge in [-0.25, -0.2) is 9.18 Å². The molecule has 0 saturated carbocycles. The summed E-state index contributed by atoms with van der Waals surface area (Å²) < 4.78 is 19.9. The molecule has 1 fully saturated rings. The number of carbonyl (C=O) groups is 2. The summed E-state index contributed by atoms with van der Waals surface area (Å²) in [6, 6.07) is 12.9. The Morgan fingerprint density at radius 3 is 2.56 bits per heavy atom. The van der Waals surface area contributed by atoms with E-state index in [-0.39, 0.29) is 35.7 Å². The Bertz CT molecular complexity index is 1110. The van der Waals surface area contributed by atoms with Crippen LogP contribution in [0.2, 0.25) is 0 Å². The number of rotatable bonds is 2. The number of ether oxygens (including phenoxy) is 1. The third-order valence-corrected chi connectivity index (χ3v) is 5.62. The lowest BCUT2D eigenvalue weighted by molar-refractivity contribution is -0.728. The van der Waals surface area contributed by atoms with Crippen LogP contribution < -0.4 is 4.90 Å². The summed E-state index contributed by atoms with van der Waals surface area (Å²) in [7, 11) is 0. The molecule has 1 unspecified atom stereocenters. The van der Waals surface area contributed by atoms with Gasteiger partial charge in [0.2, 0.25) is 5.54 Å². The number of fused-ring (bicyclic) bond motifs is 2. The van der Waals surface area contributed by atoms with Crippen molar-refractivity contribution in [1.29, 1.82) is 0 Å². The van der Waals surface area contributed by atoms with E-state index in [4.69, 9.17) is 4.74 Å². The predicted molar refractivity (Wildman–Crippen MR) is 114 cm³/mol. The molecule has 1 atom stereocenters. The van der Waals surface area contributed by atoms with Crippen LogP contribution in [0.25, 0.3) is 0 Å². The minimum absolute atomic E-state index is 0.0512. The second-order valence-electron chi connectivity index (χ2n) is 8.85. The van der Waals surface area contributed by atoms with Gasteiger partial charge in [-0.3, -0.25) is 14.9 Å². The standard InChI is InChI=1S/C23H24FN3O5/c1-22(2,3)32-21(29)26-12-11-19(27(30)31)23(26)17-13-16(24)9-10-18(17)25(20(23)28)14-15-7-5-4-6-8-15/h4-10,13H,11-12,14H2,1-3H3,(H,30,31). The lowest BCUT2D eigenvalue weighted by atomic mass is 9.86. The van der Waals surface area contributed by atoms with Gasteiger partial charge in [-0.05, 0) is 44.5 Å². The molecule has 2 heterocycles. The monoisotopic (exact) mass is 441 g/mol. The molecule has 32 heavy (non-hydrogen) atoms. The highest BCUT2D eigenvalue weighted by Gasteiger charge is 2.67. The topological polar surface area (TPSA) is 96.1 Å². The zero-order chi connectivity index (χ0) is 23.3. The average molecular weight is 441 g/mol. The fraction of sp³-hybridized carbons (Fsp3) is 0.348. The van der Waals surface area contributed by atoms with E-state index in [2.05, 4.69) is 0 Å². The molecule has 2 amide bonds. The van der Waals surface area contributed by atoms with Crippen molar-refractivity contribution >= 4 is 23.4 Å². The van der Waals surface area contributed by atoms with Gasteiger partial charge in [0, 0.05) is 17.0 Å². The second-order valence-corrected chi connectivity index (χ2v) is 8.85. The molecule has 168 valence electrons. The normalized spacial score (nSPS) is 21.8. The first-order chi connectivity index (χ1) is 15.1. The molecular weight excluding hydrogens is 417 g/mol. The number of amides is 2. The molecule has 2 aromatic carbocycles. The van der Waals surface area contributed by atoms with Gasteiger partial charge in [0.25, 0.3) is 11.6 Å². The second kappa shape index (κ2) is 7.51. The summed E-state index contributed by atoms with van der Waals surface area (Å²) in [5.41, 5.74) is -1.84. The molecule has 0 radical (unpaired) electrons. The lowest BCUT2D eigenvalue weighted by Gasteiger charge is -2.33. The van der Waals surface area contributed by atoms with Gasteiger partial charge in [0.1, 0.15) is 11.4 Å². The van der Waals surface area contributed by atoms with E-state index in [0.29, 0.717) is 5.69 Å². The van der Waals surface area contributed by atoms with Crippen LogP contribution in [0.4, 0.5) is 14.9 Å². The van der Waals surface area contributed by atoms with Crippen LogP contribution in [0.15, 0.2) is 48.5 Å². The van der Waals surface area contributed by atoms with Crippen LogP contribution in [0.1, 0.15) is 38.3 Å². The molecule has 4 rings (SSSR count). The van der Waals surface area contributed by atoms with Crippen molar-refractivity contribution in [3.05, 3.63) is 70.7 Å². The fourth-order valence-corrected chi connectivity index (χ4v) is 4.42. The average Bonchev–Trinajstić information content (AvgIpc) is 3.22. The molecule has 0 aromatic heterocycles. The van der Waals surface area contributed by atoms with E-state index in [1.54, 1.807) is 20.8 Å². The van der Waals surface area contributed by atoms with E-state index in [1.807, 2.05) is 30.3 Å². The molecule has 1 saturated heterocycles. The Hall–Kier alpha value is -3.62. The maximum atomic E-state index is 14.4. The Kier molecular flexibility index (Phi) is 5.07. The minimum atomic E-state index is -1.99. The zero-order valence-electron chi connectivity index (χ0n) is 18.0. The summed E-state index contributed by atoms with van der Waals surface area (Å²) >= 11 is 0. The summed E-state index contributed by atoms with van der Waals surface area (Å²) in [5.74, 6) is -1.27. The van der Waals surface area contributed by atoms with Crippen molar-refractivity contribution in [2.75, 3.05) is 11.4 Å². The van der Waals surface area contributed by atoms with Crippen LogP contribution in [-0.2, 0) is 21.6 Å².